The van der Waals surface area contributed by atoms with Crippen molar-refractivity contribution in [3.8, 4) is 0 Å². The molecule has 0 heterocycles. The van der Waals surface area contributed by atoms with Crippen LogP contribution in [-0.4, -0.2) is 24.2 Å². The number of carbonyl (C=O) groups excluding carboxylic acids is 1. The van der Waals surface area contributed by atoms with Gasteiger partial charge in [-0.3, -0.25) is 4.79 Å². The Balaban J connectivity index is 2.64. The molecule has 0 aromatic heterocycles. The fourth-order valence-electron chi connectivity index (χ4n) is 1.96. The summed E-state index contributed by atoms with van der Waals surface area (Å²) in [5, 5.41) is 12.1. The van der Waals surface area contributed by atoms with E-state index < -0.39 is 0 Å². The fraction of sp³-hybridized carbons (Fsp3) is 0.500. The molecular weight excluding hydrogens is 262 g/mol. The van der Waals surface area contributed by atoms with Crippen molar-refractivity contribution in [2.24, 2.45) is 5.41 Å². The van der Waals surface area contributed by atoms with E-state index in [9.17, 15) is 9.90 Å². The molecule has 0 saturated carbocycles. The van der Waals surface area contributed by atoms with Crippen LogP contribution in [0.25, 0.3) is 0 Å². The van der Waals surface area contributed by atoms with Gasteiger partial charge >= 0.3 is 0 Å². The van der Waals surface area contributed by atoms with Crippen LogP contribution < -0.4 is 5.32 Å². The second kappa shape index (κ2) is 7.99. The van der Waals surface area contributed by atoms with E-state index >= 15 is 0 Å². The Morgan fingerprint density at radius 1 is 1.29 bits per heavy atom. The Morgan fingerprint density at radius 3 is 2.43 bits per heavy atom. The van der Waals surface area contributed by atoms with Gasteiger partial charge in [0, 0.05) is 25.1 Å². The average molecular weight is 289 g/mol. The summed E-state index contributed by atoms with van der Waals surface area (Å²) in [5.74, 6) is 0.0739. The van der Waals surface area contributed by atoms with E-state index in [0.717, 1.165) is 11.1 Å². The molecule has 0 bridgehead atoms. The Bertz CT molecular complexity index is 472. The minimum absolute atomic E-state index is 0.00126. The number of hydrogen-bond donors (Lipinski definition) is 2. The fourth-order valence-corrected chi connectivity index (χ4v) is 1.96. The molecule has 3 nitrogen and oxygen atoms in total. The van der Waals surface area contributed by atoms with Gasteiger partial charge in [0.05, 0.1) is 0 Å². The lowest BCUT2D eigenvalue weighted by molar-refractivity contribution is -0.116. The summed E-state index contributed by atoms with van der Waals surface area (Å²) in [4.78, 5) is 12.0. The topological polar surface area (TPSA) is 49.3 Å². The lowest BCUT2D eigenvalue weighted by Gasteiger charge is -2.20. The normalized spacial score (nSPS) is 13.9. The summed E-state index contributed by atoms with van der Waals surface area (Å²) in [7, 11) is 0. The predicted octanol–water partition coefficient (Wildman–Crippen LogP) is 3.26. The van der Waals surface area contributed by atoms with E-state index in [1.807, 2.05) is 37.3 Å². The molecule has 3 heteroatoms. The van der Waals surface area contributed by atoms with E-state index in [-0.39, 0.29) is 23.8 Å². The van der Waals surface area contributed by atoms with Crippen molar-refractivity contribution in [3.05, 3.63) is 47.5 Å². The van der Waals surface area contributed by atoms with E-state index in [1.165, 1.54) is 0 Å². The zero-order valence-corrected chi connectivity index (χ0v) is 13.5. The second-order valence-corrected chi connectivity index (χ2v) is 6.44. The molecule has 1 aromatic rings. The molecule has 116 valence electrons. The van der Waals surface area contributed by atoms with Gasteiger partial charge in [-0.05, 0) is 24.3 Å². The highest BCUT2D eigenvalue weighted by Crippen LogP contribution is 2.24. The van der Waals surface area contributed by atoms with Crippen LogP contribution in [0.15, 0.2) is 42.0 Å². The molecular formula is C18H27NO2. The average Bonchev–Trinajstić information content (AvgIpc) is 2.43. The maximum Gasteiger partial charge on any atom is 0.243 e. The number of nitrogens with one attached hydrogen (secondary N) is 1. The van der Waals surface area contributed by atoms with E-state index in [2.05, 4.69) is 26.1 Å². The van der Waals surface area contributed by atoms with Crippen LogP contribution in [0.5, 0.6) is 0 Å². The van der Waals surface area contributed by atoms with Crippen molar-refractivity contribution in [1.29, 1.82) is 0 Å². The second-order valence-electron chi connectivity index (χ2n) is 6.44. The predicted molar refractivity (Wildman–Crippen MR) is 87.1 cm³/mol. The maximum absolute atomic E-state index is 12.0. The number of rotatable bonds is 6. The molecule has 1 amide bonds. The number of carbonyl (C=O) groups is 1. The summed E-state index contributed by atoms with van der Waals surface area (Å²) in [5.41, 5.74) is 2.20. The number of aliphatic hydroxyl groups is 1. The van der Waals surface area contributed by atoms with Crippen LogP contribution in [0.2, 0.25) is 0 Å². The quantitative estimate of drug-likeness (QED) is 0.790. The first kappa shape index (κ1) is 17.4. The summed E-state index contributed by atoms with van der Waals surface area (Å²) in [6.45, 7) is 8.89. The summed E-state index contributed by atoms with van der Waals surface area (Å²) >= 11 is 0. The SMILES string of the molecule is C/C(=C/C(=O)NCC(CCO)c1ccccc1)C(C)(C)C. The van der Waals surface area contributed by atoms with Crippen LogP contribution in [0.3, 0.4) is 0 Å². The summed E-state index contributed by atoms with van der Waals surface area (Å²) in [6.07, 6.45) is 2.31. The molecule has 1 unspecified atom stereocenters. The molecule has 2 N–H and O–H groups in total. The Kier molecular flexibility index (Phi) is 6.63. The van der Waals surface area contributed by atoms with Gasteiger partial charge in [-0.15, -0.1) is 0 Å². The van der Waals surface area contributed by atoms with Gasteiger partial charge in [0.1, 0.15) is 0 Å². The van der Waals surface area contributed by atoms with Crippen LogP contribution in [0.1, 0.15) is 45.6 Å². The number of hydrogen-bond acceptors (Lipinski definition) is 2. The maximum atomic E-state index is 12.0. The first-order chi connectivity index (χ1) is 9.84. The molecule has 0 radical (unpaired) electrons. The van der Waals surface area contributed by atoms with Gasteiger partial charge < -0.3 is 10.4 Å². The minimum Gasteiger partial charge on any atom is -0.396 e. The van der Waals surface area contributed by atoms with Crippen molar-refractivity contribution in [2.45, 2.75) is 40.0 Å². The van der Waals surface area contributed by atoms with Gasteiger partial charge in [-0.1, -0.05) is 56.7 Å². The van der Waals surface area contributed by atoms with Gasteiger partial charge in [0.25, 0.3) is 0 Å². The first-order valence-electron chi connectivity index (χ1n) is 7.47. The Morgan fingerprint density at radius 2 is 1.90 bits per heavy atom. The van der Waals surface area contributed by atoms with Gasteiger partial charge in [0.15, 0.2) is 0 Å². The van der Waals surface area contributed by atoms with Crippen LogP contribution >= 0.6 is 0 Å². The van der Waals surface area contributed by atoms with Crippen LogP contribution in [-0.2, 0) is 4.79 Å². The molecule has 1 atom stereocenters. The van der Waals surface area contributed by atoms with E-state index in [4.69, 9.17) is 0 Å². The molecule has 0 spiro atoms. The summed E-state index contributed by atoms with van der Waals surface area (Å²) in [6, 6.07) is 9.98. The molecule has 0 aliphatic heterocycles. The van der Waals surface area contributed by atoms with E-state index in [0.29, 0.717) is 13.0 Å². The standard InChI is InChI=1S/C18H27NO2/c1-14(18(2,3)4)12-17(21)19-13-16(10-11-20)15-8-6-5-7-9-15/h5-9,12,16,20H,10-11,13H2,1-4H3,(H,19,21)/b14-12-. The Labute approximate surface area is 128 Å². The molecule has 1 aromatic carbocycles. The number of allylic oxidation sites excluding steroid dienone is 1. The van der Waals surface area contributed by atoms with Gasteiger partial charge in [-0.25, -0.2) is 0 Å². The van der Waals surface area contributed by atoms with Crippen molar-refractivity contribution in [1.82, 2.24) is 5.32 Å². The lowest BCUT2D eigenvalue weighted by atomic mass is 9.87. The number of benzene rings is 1. The van der Waals surface area contributed by atoms with Crippen molar-refractivity contribution in [2.75, 3.05) is 13.2 Å². The molecule has 1 rings (SSSR count). The van der Waals surface area contributed by atoms with Crippen LogP contribution in [0, 0.1) is 5.41 Å². The third-order valence-corrected chi connectivity index (χ3v) is 3.80. The van der Waals surface area contributed by atoms with Crippen molar-refractivity contribution in [3.63, 3.8) is 0 Å². The first-order valence-corrected chi connectivity index (χ1v) is 7.47. The molecule has 0 aliphatic rings. The van der Waals surface area contributed by atoms with E-state index in [1.54, 1.807) is 6.08 Å². The van der Waals surface area contributed by atoms with Crippen molar-refractivity contribution < 1.29 is 9.90 Å². The zero-order valence-electron chi connectivity index (χ0n) is 13.5. The highest BCUT2D eigenvalue weighted by molar-refractivity contribution is 5.88. The Hall–Kier alpha value is -1.61. The highest BCUT2D eigenvalue weighted by Gasteiger charge is 2.15. The minimum atomic E-state index is -0.0682. The van der Waals surface area contributed by atoms with Gasteiger partial charge in [-0.2, -0.15) is 0 Å². The summed E-state index contributed by atoms with van der Waals surface area (Å²) < 4.78 is 0. The number of amides is 1. The molecule has 0 fully saturated rings. The lowest BCUT2D eigenvalue weighted by Crippen LogP contribution is -2.28. The largest absolute Gasteiger partial charge is 0.396 e. The van der Waals surface area contributed by atoms with Crippen LogP contribution in [0.4, 0.5) is 0 Å². The number of aliphatic hydroxyl groups excluding tert-OH is 1. The molecule has 0 saturated heterocycles. The molecule has 21 heavy (non-hydrogen) atoms. The third kappa shape index (κ3) is 6.13. The smallest absolute Gasteiger partial charge is 0.243 e. The third-order valence-electron chi connectivity index (χ3n) is 3.80. The highest BCUT2D eigenvalue weighted by atomic mass is 16.3. The monoisotopic (exact) mass is 289 g/mol. The van der Waals surface area contributed by atoms with Crippen molar-refractivity contribution >= 4 is 5.91 Å². The molecule has 0 aliphatic carbocycles. The van der Waals surface area contributed by atoms with Gasteiger partial charge in [0.2, 0.25) is 5.91 Å². The zero-order chi connectivity index (χ0) is 15.9.